The first-order valence-electron chi connectivity index (χ1n) is 11.1. The lowest BCUT2D eigenvalue weighted by Gasteiger charge is -2.16. The number of carbonyl (C=O) groups excluding carboxylic acids is 1. The molecule has 1 atom stereocenters. The van der Waals surface area contributed by atoms with Gasteiger partial charge in [0.1, 0.15) is 0 Å². The molecule has 0 bridgehead atoms. The van der Waals surface area contributed by atoms with E-state index in [1.807, 2.05) is 91.9 Å². The summed E-state index contributed by atoms with van der Waals surface area (Å²) >= 11 is 0. The van der Waals surface area contributed by atoms with Crippen LogP contribution in [0.2, 0.25) is 0 Å². The Kier molecular flexibility index (Phi) is 7.39. The highest BCUT2D eigenvalue weighted by atomic mass is 16.5. The fraction of sp³-hybridized carbons (Fsp3) is 0.138. The summed E-state index contributed by atoms with van der Waals surface area (Å²) in [5.74, 6) is -0.319. The maximum atomic E-state index is 12.9. The van der Waals surface area contributed by atoms with E-state index in [0.29, 0.717) is 13.0 Å². The van der Waals surface area contributed by atoms with Crippen molar-refractivity contribution in [3.05, 3.63) is 126 Å². The molecule has 0 unspecified atom stereocenters. The van der Waals surface area contributed by atoms with Crippen molar-refractivity contribution in [3.63, 3.8) is 0 Å². The Hall–Kier alpha value is -4.05. The molecule has 1 heterocycles. The monoisotopic (exact) mass is 434 g/mol. The van der Waals surface area contributed by atoms with Crippen molar-refractivity contribution in [2.45, 2.75) is 19.4 Å². The zero-order valence-electron chi connectivity index (χ0n) is 18.6. The molecule has 1 aromatic heterocycles. The predicted molar refractivity (Wildman–Crippen MR) is 132 cm³/mol. The Bertz CT molecular complexity index is 1150. The van der Waals surface area contributed by atoms with Crippen molar-refractivity contribution in [2.75, 3.05) is 6.61 Å². The van der Waals surface area contributed by atoms with Crippen LogP contribution in [0.15, 0.2) is 114 Å². The molecule has 0 radical (unpaired) electrons. The highest BCUT2D eigenvalue weighted by molar-refractivity contribution is 6.13. The molecular weight excluding hydrogens is 408 g/mol. The van der Waals surface area contributed by atoms with Gasteiger partial charge in [0, 0.05) is 29.9 Å². The summed E-state index contributed by atoms with van der Waals surface area (Å²) in [6.45, 7) is 2.13. The first kappa shape index (κ1) is 22.2. The highest BCUT2D eigenvalue weighted by Crippen LogP contribution is 2.21. The molecule has 4 heteroatoms. The van der Waals surface area contributed by atoms with Gasteiger partial charge in [-0.1, -0.05) is 84.9 Å². The first-order chi connectivity index (χ1) is 16.2. The maximum Gasteiger partial charge on any atom is 0.331 e. The number of benzene rings is 3. The number of carbonyl (C=O) groups is 1. The van der Waals surface area contributed by atoms with Gasteiger partial charge in [0.25, 0.3) is 0 Å². The molecule has 0 fully saturated rings. The SMILES string of the molecule is CCOC(=O)[C@@H](Cc1ccc(-c2ccncc2)cc1)N=C(c1ccccc1)c1ccccc1. The van der Waals surface area contributed by atoms with Crippen LogP contribution < -0.4 is 0 Å². The van der Waals surface area contributed by atoms with Gasteiger partial charge in [-0.3, -0.25) is 9.98 Å². The van der Waals surface area contributed by atoms with Crippen LogP contribution in [0.4, 0.5) is 0 Å². The summed E-state index contributed by atoms with van der Waals surface area (Å²) in [6, 6.07) is 31.4. The van der Waals surface area contributed by atoms with E-state index < -0.39 is 6.04 Å². The van der Waals surface area contributed by atoms with Crippen LogP contribution >= 0.6 is 0 Å². The number of rotatable bonds is 8. The Labute approximate surface area is 194 Å². The summed E-state index contributed by atoms with van der Waals surface area (Å²) in [6.07, 6.45) is 4.02. The van der Waals surface area contributed by atoms with E-state index in [2.05, 4.69) is 17.1 Å². The average Bonchev–Trinajstić information content (AvgIpc) is 2.88. The summed E-state index contributed by atoms with van der Waals surface area (Å²) in [7, 11) is 0. The molecule has 0 saturated heterocycles. The third-order valence-electron chi connectivity index (χ3n) is 5.33. The number of esters is 1. The number of aliphatic imine (C=N–C) groups is 1. The zero-order chi connectivity index (χ0) is 22.9. The second-order valence-electron chi connectivity index (χ2n) is 7.61. The molecule has 4 aromatic rings. The molecule has 164 valence electrons. The normalized spacial score (nSPS) is 11.4. The van der Waals surface area contributed by atoms with E-state index in [4.69, 9.17) is 9.73 Å². The second kappa shape index (κ2) is 11.0. The summed E-state index contributed by atoms with van der Waals surface area (Å²) in [5.41, 5.74) is 5.94. The number of aromatic nitrogens is 1. The van der Waals surface area contributed by atoms with E-state index in [1.54, 1.807) is 12.4 Å². The maximum absolute atomic E-state index is 12.9. The quantitative estimate of drug-likeness (QED) is 0.262. The summed E-state index contributed by atoms with van der Waals surface area (Å²) in [5, 5.41) is 0. The summed E-state index contributed by atoms with van der Waals surface area (Å²) < 4.78 is 5.39. The van der Waals surface area contributed by atoms with Gasteiger partial charge in [-0.05, 0) is 35.7 Å². The molecule has 4 nitrogen and oxygen atoms in total. The number of nitrogens with zero attached hydrogens (tertiary/aromatic N) is 2. The van der Waals surface area contributed by atoms with Crippen LogP contribution in [0.25, 0.3) is 11.1 Å². The van der Waals surface area contributed by atoms with Crippen molar-refractivity contribution < 1.29 is 9.53 Å². The molecule has 0 amide bonds. The Morgan fingerprint density at radius 2 is 1.33 bits per heavy atom. The Balaban J connectivity index is 1.67. The highest BCUT2D eigenvalue weighted by Gasteiger charge is 2.21. The molecule has 0 N–H and O–H groups in total. The van der Waals surface area contributed by atoms with Crippen molar-refractivity contribution in [2.24, 2.45) is 4.99 Å². The van der Waals surface area contributed by atoms with Crippen molar-refractivity contribution >= 4 is 11.7 Å². The number of hydrogen-bond donors (Lipinski definition) is 0. The topological polar surface area (TPSA) is 51.5 Å². The minimum atomic E-state index is -0.646. The van der Waals surface area contributed by atoms with Gasteiger partial charge in [0.05, 0.1) is 12.3 Å². The van der Waals surface area contributed by atoms with Crippen LogP contribution in [-0.4, -0.2) is 29.3 Å². The van der Waals surface area contributed by atoms with Crippen molar-refractivity contribution in [3.8, 4) is 11.1 Å². The lowest BCUT2D eigenvalue weighted by atomic mass is 9.99. The second-order valence-corrected chi connectivity index (χ2v) is 7.61. The predicted octanol–water partition coefficient (Wildman–Crippen LogP) is 5.76. The minimum Gasteiger partial charge on any atom is -0.464 e. The number of hydrogen-bond acceptors (Lipinski definition) is 4. The molecule has 0 spiro atoms. The molecule has 0 aliphatic heterocycles. The molecular formula is C29H26N2O2. The van der Waals surface area contributed by atoms with Gasteiger partial charge in [-0.25, -0.2) is 4.79 Å². The smallest absolute Gasteiger partial charge is 0.331 e. The van der Waals surface area contributed by atoms with E-state index in [1.165, 1.54) is 0 Å². The summed E-state index contributed by atoms with van der Waals surface area (Å²) in [4.78, 5) is 21.9. The van der Waals surface area contributed by atoms with Crippen LogP contribution in [0.3, 0.4) is 0 Å². The van der Waals surface area contributed by atoms with Crippen molar-refractivity contribution in [1.82, 2.24) is 4.98 Å². The fourth-order valence-corrected chi connectivity index (χ4v) is 3.68. The van der Waals surface area contributed by atoms with Gasteiger partial charge >= 0.3 is 5.97 Å². The van der Waals surface area contributed by atoms with Crippen LogP contribution in [0.1, 0.15) is 23.6 Å². The van der Waals surface area contributed by atoms with Gasteiger partial charge in [0.15, 0.2) is 6.04 Å². The van der Waals surface area contributed by atoms with E-state index >= 15 is 0 Å². The standard InChI is InChI=1S/C29H26N2O2/c1-2-33-29(32)27(21-22-13-15-23(16-14-22)24-17-19-30-20-18-24)31-28(25-9-5-3-6-10-25)26-11-7-4-8-12-26/h3-20,27H,2,21H2,1H3/t27-/m1/s1. The molecule has 4 rings (SSSR count). The number of ether oxygens (including phenoxy) is 1. The van der Waals surface area contributed by atoms with Gasteiger partial charge in [-0.15, -0.1) is 0 Å². The molecule has 0 saturated carbocycles. The van der Waals surface area contributed by atoms with Crippen LogP contribution in [0, 0.1) is 0 Å². The lowest BCUT2D eigenvalue weighted by molar-refractivity contribution is -0.144. The van der Waals surface area contributed by atoms with Crippen LogP contribution in [-0.2, 0) is 16.0 Å². The minimum absolute atomic E-state index is 0.317. The molecule has 0 aliphatic rings. The van der Waals surface area contributed by atoms with E-state index in [9.17, 15) is 4.79 Å². The molecule has 3 aromatic carbocycles. The largest absolute Gasteiger partial charge is 0.464 e. The molecule has 33 heavy (non-hydrogen) atoms. The van der Waals surface area contributed by atoms with E-state index in [0.717, 1.165) is 33.5 Å². The Morgan fingerprint density at radius 3 is 1.88 bits per heavy atom. The van der Waals surface area contributed by atoms with E-state index in [-0.39, 0.29) is 5.97 Å². The van der Waals surface area contributed by atoms with Gasteiger partial charge in [0.2, 0.25) is 0 Å². The van der Waals surface area contributed by atoms with Crippen molar-refractivity contribution in [1.29, 1.82) is 0 Å². The third kappa shape index (κ3) is 5.80. The zero-order valence-corrected chi connectivity index (χ0v) is 18.6. The van der Waals surface area contributed by atoms with Gasteiger partial charge < -0.3 is 4.74 Å². The Morgan fingerprint density at radius 1 is 0.788 bits per heavy atom. The average molecular weight is 435 g/mol. The lowest BCUT2D eigenvalue weighted by Crippen LogP contribution is -2.26. The number of pyridine rings is 1. The van der Waals surface area contributed by atoms with Gasteiger partial charge in [-0.2, -0.15) is 0 Å². The third-order valence-corrected chi connectivity index (χ3v) is 5.33. The van der Waals surface area contributed by atoms with Crippen LogP contribution in [0.5, 0.6) is 0 Å². The molecule has 0 aliphatic carbocycles. The fourth-order valence-electron chi connectivity index (χ4n) is 3.68. The first-order valence-corrected chi connectivity index (χ1v) is 11.1.